The van der Waals surface area contributed by atoms with Crippen LogP contribution in [0.1, 0.15) is 15.9 Å². The molecular formula is C17H15N3O5. The first-order valence-electron chi connectivity index (χ1n) is 7.34. The van der Waals surface area contributed by atoms with Crippen LogP contribution >= 0.6 is 0 Å². The molecule has 0 spiro atoms. The van der Waals surface area contributed by atoms with Gasteiger partial charge in [0.05, 0.1) is 32.3 Å². The molecule has 8 heteroatoms. The smallest absolute Gasteiger partial charge is 0.345 e. The van der Waals surface area contributed by atoms with Gasteiger partial charge in [0.15, 0.2) is 0 Å². The van der Waals surface area contributed by atoms with Crippen LogP contribution in [0.15, 0.2) is 46.2 Å². The van der Waals surface area contributed by atoms with Crippen molar-refractivity contribution in [3.63, 3.8) is 0 Å². The molecule has 3 aromatic rings. The molecule has 0 saturated heterocycles. The van der Waals surface area contributed by atoms with Crippen LogP contribution in [0.5, 0.6) is 5.75 Å². The van der Waals surface area contributed by atoms with E-state index in [1.165, 1.54) is 25.0 Å². The lowest BCUT2D eigenvalue weighted by Gasteiger charge is -2.13. The molecule has 0 N–H and O–H groups in total. The minimum atomic E-state index is -0.807. The van der Waals surface area contributed by atoms with E-state index in [1.54, 1.807) is 12.1 Å². The highest BCUT2D eigenvalue weighted by molar-refractivity contribution is 5.88. The zero-order valence-electron chi connectivity index (χ0n) is 13.8. The lowest BCUT2D eigenvalue weighted by Crippen LogP contribution is -2.30. The topological polar surface area (TPSA) is 91.9 Å². The number of aryl methyl sites for hydroxylation is 1. The number of aromatic nitrogens is 3. The van der Waals surface area contributed by atoms with E-state index < -0.39 is 17.1 Å². The zero-order chi connectivity index (χ0) is 18.1. The molecule has 0 radical (unpaired) electrons. The number of carbonyl (C=O) groups is 1. The van der Waals surface area contributed by atoms with Crippen molar-refractivity contribution in [1.82, 2.24) is 14.0 Å². The van der Waals surface area contributed by atoms with Crippen LogP contribution in [0.4, 0.5) is 0 Å². The fourth-order valence-electron chi connectivity index (χ4n) is 2.43. The second-order valence-corrected chi connectivity index (χ2v) is 5.31. The molecule has 2 aromatic heterocycles. The summed E-state index contributed by atoms with van der Waals surface area (Å²) >= 11 is 0. The zero-order valence-corrected chi connectivity index (χ0v) is 13.8. The van der Waals surface area contributed by atoms with Crippen LogP contribution in [-0.4, -0.2) is 34.1 Å². The van der Waals surface area contributed by atoms with E-state index in [0.29, 0.717) is 5.69 Å². The maximum absolute atomic E-state index is 12.7. The van der Waals surface area contributed by atoms with E-state index >= 15 is 0 Å². The number of hydrogen-bond donors (Lipinski definition) is 0. The average Bonchev–Trinajstić information content (AvgIpc) is 2.62. The van der Waals surface area contributed by atoms with Gasteiger partial charge < -0.3 is 9.47 Å². The third-order valence-electron chi connectivity index (χ3n) is 3.75. The minimum absolute atomic E-state index is 0.0565. The summed E-state index contributed by atoms with van der Waals surface area (Å²) in [4.78, 5) is 41.1. The molecule has 2 heterocycles. The van der Waals surface area contributed by atoms with E-state index in [1.807, 2.05) is 19.1 Å². The Morgan fingerprint density at radius 2 is 1.76 bits per heavy atom. The predicted molar refractivity (Wildman–Crippen MR) is 89.7 cm³/mol. The Labute approximate surface area is 141 Å². The van der Waals surface area contributed by atoms with Crippen molar-refractivity contribution < 1.29 is 14.3 Å². The Hall–Kier alpha value is -3.42. The molecule has 0 saturated carbocycles. The number of carbonyl (C=O) groups excluding carboxylic acids is 1. The number of nitrogens with zero attached hydrogens (tertiary/aromatic N) is 3. The van der Waals surface area contributed by atoms with Gasteiger partial charge in [-0.2, -0.15) is 0 Å². The first-order chi connectivity index (χ1) is 12.0. The van der Waals surface area contributed by atoms with Gasteiger partial charge in [0.2, 0.25) is 11.5 Å². The Bertz CT molecular complexity index is 1080. The molecule has 1 aromatic carbocycles. The fraction of sp³-hybridized carbons (Fsp3) is 0.176. The molecule has 0 aliphatic carbocycles. The van der Waals surface area contributed by atoms with Gasteiger partial charge in [-0.1, -0.05) is 17.7 Å². The Kier molecular flexibility index (Phi) is 4.10. The van der Waals surface area contributed by atoms with Crippen LogP contribution in [-0.2, 0) is 4.74 Å². The van der Waals surface area contributed by atoms with Gasteiger partial charge in [-0.25, -0.2) is 18.7 Å². The second kappa shape index (κ2) is 6.23. The molecule has 0 fully saturated rings. The summed E-state index contributed by atoms with van der Waals surface area (Å²) in [6.45, 7) is 1.92. The summed E-state index contributed by atoms with van der Waals surface area (Å²) in [5, 5.41) is 0. The maximum atomic E-state index is 12.7. The van der Waals surface area contributed by atoms with Gasteiger partial charge in [0.1, 0.15) is 5.56 Å². The SMILES string of the molecule is COC(=O)c1cnc2n(-c3ccc(C)cc3)c(=O)c(OC)cn2c1=O. The van der Waals surface area contributed by atoms with Gasteiger partial charge in [-0.3, -0.25) is 9.59 Å². The molecule has 0 atom stereocenters. The number of hydrogen-bond acceptors (Lipinski definition) is 6. The number of rotatable bonds is 3. The number of ether oxygens (including phenoxy) is 2. The van der Waals surface area contributed by atoms with E-state index in [2.05, 4.69) is 9.72 Å². The first kappa shape index (κ1) is 16.4. The number of benzene rings is 1. The molecule has 0 aliphatic heterocycles. The largest absolute Gasteiger partial charge is 0.490 e. The molecule has 128 valence electrons. The van der Waals surface area contributed by atoms with Gasteiger partial charge in [-0.15, -0.1) is 0 Å². The van der Waals surface area contributed by atoms with Gasteiger partial charge >= 0.3 is 11.5 Å². The number of esters is 1. The Morgan fingerprint density at radius 1 is 1.08 bits per heavy atom. The lowest BCUT2D eigenvalue weighted by atomic mass is 10.2. The Balaban J connectivity index is 2.43. The van der Waals surface area contributed by atoms with E-state index in [-0.39, 0.29) is 17.1 Å². The van der Waals surface area contributed by atoms with Gasteiger partial charge in [-0.05, 0) is 19.1 Å². The fourth-order valence-corrected chi connectivity index (χ4v) is 2.43. The normalized spacial score (nSPS) is 10.7. The standard InChI is InChI=1S/C17H15N3O5/c1-10-4-6-11(7-5-10)20-15(22)13(24-2)9-19-14(21)12(16(23)25-3)8-18-17(19)20/h4-9H,1-3H3. The number of methoxy groups -OCH3 is 2. The van der Waals surface area contributed by atoms with Gasteiger partial charge in [0, 0.05) is 0 Å². The van der Waals surface area contributed by atoms with E-state index in [4.69, 9.17) is 4.74 Å². The summed E-state index contributed by atoms with van der Waals surface area (Å²) < 4.78 is 12.0. The monoisotopic (exact) mass is 341 g/mol. The van der Waals surface area contributed by atoms with Crippen molar-refractivity contribution in [3.05, 3.63) is 68.5 Å². The van der Waals surface area contributed by atoms with Crippen molar-refractivity contribution in [2.75, 3.05) is 14.2 Å². The first-order valence-corrected chi connectivity index (χ1v) is 7.34. The van der Waals surface area contributed by atoms with Crippen molar-refractivity contribution in [1.29, 1.82) is 0 Å². The van der Waals surface area contributed by atoms with E-state index in [9.17, 15) is 14.4 Å². The predicted octanol–water partition coefficient (Wildman–Crippen LogP) is 0.949. The van der Waals surface area contributed by atoms with Crippen molar-refractivity contribution in [3.8, 4) is 11.4 Å². The molecule has 3 rings (SSSR count). The summed E-state index contributed by atoms with van der Waals surface area (Å²) in [6.07, 6.45) is 2.31. The highest BCUT2D eigenvalue weighted by atomic mass is 16.5. The van der Waals surface area contributed by atoms with Crippen LogP contribution in [0.25, 0.3) is 11.5 Å². The molecule has 0 amide bonds. The van der Waals surface area contributed by atoms with Crippen LogP contribution in [0, 0.1) is 6.92 Å². The third-order valence-corrected chi connectivity index (χ3v) is 3.75. The highest BCUT2D eigenvalue weighted by Crippen LogP contribution is 2.13. The van der Waals surface area contributed by atoms with Gasteiger partial charge in [0.25, 0.3) is 5.56 Å². The lowest BCUT2D eigenvalue weighted by molar-refractivity contribution is 0.0598. The molecule has 8 nitrogen and oxygen atoms in total. The molecule has 0 aliphatic rings. The minimum Gasteiger partial charge on any atom is -0.490 e. The molecule has 25 heavy (non-hydrogen) atoms. The Morgan fingerprint density at radius 3 is 2.36 bits per heavy atom. The van der Waals surface area contributed by atoms with Crippen LogP contribution in [0.3, 0.4) is 0 Å². The summed E-state index contributed by atoms with van der Waals surface area (Å²) in [7, 11) is 2.50. The van der Waals surface area contributed by atoms with Crippen LogP contribution < -0.4 is 15.9 Å². The highest BCUT2D eigenvalue weighted by Gasteiger charge is 2.18. The van der Waals surface area contributed by atoms with Crippen molar-refractivity contribution in [2.45, 2.75) is 6.92 Å². The maximum Gasteiger partial charge on any atom is 0.345 e. The average molecular weight is 341 g/mol. The van der Waals surface area contributed by atoms with E-state index in [0.717, 1.165) is 16.2 Å². The summed E-state index contributed by atoms with van der Waals surface area (Å²) in [5.74, 6) is -0.801. The molecular weight excluding hydrogens is 326 g/mol. The van der Waals surface area contributed by atoms with Crippen molar-refractivity contribution in [2.24, 2.45) is 0 Å². The summed E-state index contributed by atoms with van der Waals surface area (Å²) in [5.41, 5.74) is 0.170. The second-order valence-electron chi connectivity index (χ2n) is 5.31. The molecule has 0 unspecified atom stereocenters. The summed E-state index contributed by atoms with van der Waals surface area (Å²) in [6, 6.07) is 7.13. The van der Waals surface area contributed by atoms with Crippen LogP contribution in [0.2, 0.25) is 0 Å². The van der Waals surface area contributed by atoms with Crippen molar-refractivity contribution >= 4 is 11.7 Å². The molecule has 0 bridgehead atoms. The number of fused-ring (bicyclic) bond motifs is 1. The quantitative estimate of drug-likeness (QED) is 0.659. The third kappa shape index (κ3) is 2.67.